The highest BCUT2D eigenvalue weighted by molar-refractivity contribution is 6.29. The van der Waals surface area contributed by atoms with Gasteiger partial charge in [-0.2, -0.15) is 0 Å². The van der Waals surface area contributed by atoms with Crippen LogP contribution in [0.3, 0.4) is 0 Å². The molecular formula is C15H21ClN2O3. The van der Waals surface area contributed by atoms with Crippen LogP contribution in [0.25, 0.3) is 0 Å². The van der Waals surface area contributed by atoms with Crippen LogP contribution in [0.5, 0.6) is 5.75 Å². The molecule has 1 unspecified atom stereocenters. The maximum Gasteiger partial charge on any atom is 0.416 e. The van der Waals surface area contributed by atoms with E-state index in [-0.39, 0.29) is 6.04 Å². The van der Waals surface area contributed by atoms with E-state index in [2.05, 4.69) is 4.98 Å². The monoisotopic (exact) mass is 312 g/mol. The first-order chi connectivity index (χ1) is 9.73. The quantitative estimate of drug-likeness (QED) is 0.740. The molecule has 1 atom stereocenters. The Kier molecular flexibility index (Phi) is 4.33. The highest BCUT2D eigenvalue weighted by Crippen LogP contribution is 2.37. The first-order valence-corrected chi connectivity index (χ1v) is 7.36. The number of rotatable bonds is 1. The standard InChI is InChI=1S/C15H21ClN2O3/c1-9-6-7-10-11(20-5)8-12(16)17-13(10)18(9)14(19)21-15(2,3)4/h8-9H,6-7H2,1-5H3. The summed E-state index contributed by atoms with van der Waals surface area (Å²) in [5.41, 5.74) is 0.336. The molecule has 116 valence electrons. The van der Waals surface area contributed by atoms with Crippen molar-refractivity contribution in [2.24, 2.45) is 0 Å². The summed E-state index contributed by atoms with van der Waals surface area (Å²) in [6, 6.07) is 1.67. The number of carbonyl (C=O) groups is 1. The van der Waals surface area contributed by atoms with Crippen molar-refractivity contribution < 1.29 is 14.3 Å². The molecule has 5 nitrogen and oxygen atoms in total. The number of nitrogens with zero attached hydrogens (tertiary/aromatic N) is 2. The topological polar surface area (TPSA) is 51.7 Å². The second-order valence-corrected chi connectivity index (χ2v) is 6.57. The van der Waals surface area contributed by atoms with Crippen molar-refractivity contribution in [3.63, 3.8) is 0 Å². The third-order valence-electron chi connectivity index (χ3n) is 3.32. The number of anilines is 1. The number of aromatic nitrogens is 1. The fourth-order valence-electron chi connectivity index (χ4n) is 2.39. The maximum atomic E-state index is 12.5. The summed E-state index contributed by atoms with van der Waals surface area (Å²) in [7, 11) is 1.59. The summed E-state index contributed by atoms with van der Waals surface area (Å²) >= 11 is 6.04. The van der Waals surface area contributed by atoms with Gasteiger partial charge in [-0.15, -0.1) is 0 Å². The summed E-state index contributed by atoms with van der Waals surface area (Å²) < 4.78 is 10.8. The Morgan fingerprint density at radius 3 is 2.71 bits per heavy atom. The molecular weight excluding hydrogens is 292 g/mol. The van der Waals surface area contributed by atoms with Gasteiger partial charge < -0.3 is 9.47 Å². The van der Waals surface area contributed by atoms with Crippen LogP contribution in [-0.2, 0) is 11.2 Å². The van der Waals surface area contributed by atoms with Gasteiger partial charge in [0.25, 0.3) is 0 Å². The lowest BCUT2D eigenvalue weighted by Gasteiger charge is -2.35. The number of methoxy groups -OCH3 is 1. The van der Waals surface area contributed by atoms with Gasteiger partial charge in [0.05, 0.1) is 7.11 Å². The van der Waals surface area contributed by atoms with Crippen molar-refractivity contribution >= 4 is 23.5 Å². The molecule has 1 aliphatic heterocycles. The molecule has 1 aliphatic rings. The molecule has 0 fully saturated rings. The van der Waals surface area contributed by atoms with Crippen LogP contribution in [0, 0.1) is 0 Å². The molecule has 2 heterocycles. The highest BCUT2D eigenvalue weighted by Gasteiger charge is 2.34. The number of carbonyl (C=O) groups excluding carboxylic acids is 1. The molecule has 21 heavy (non-hydrogen) atoms. The molecule has 0 saturated heterocycles. The predicted octanol–water partition coefficient (Wildman–Crippen LogP) is 3.82. The zero-order valence-corrected chi connectivity index (χ0v) is 13.8. The fraction of sp³-hybridized carbons (Fsp3) is 0.600. The van der Waals surface area contributed by atoms with Gasteiger partial charge in [-0.05, 0) is 40.5 Å². The molecule has 0 spiro atoms. The zero-order chi connectivity index (χ0) is 15.8. The number of halogens is 1. The Labute approximate surface area is 130 Å². The van der Waals surface area contributed by atoms with E-state index >= 15 is 0 Å². The number of hydrogen-bond acceptors (Lipinski definition) is 4. The van der Waals surface area contributed by atoms with Crippen molar-refractivity contribution in [1.29, 1.82) is 0 Å². The fourth-order valence-corrected chi connectivity index (χ4v) is 2.57. The van der Waals surface area contributed by atoms with Crippen LogP contribution >= 0.6 is 11.6 Å². The molecule has 0 saturated carbocycles. The van der Waals surface area contributed by atoms with E-state index in [4.69, 9.17) is 21.1 Å². The van der Waals surface area contributed by atoms with Crippen LogP contribution in [0.1, 0.15) is 39.7 Å². The van der Waals surface area contributed by atoms with Crippen molar-refractivity contribution in [3.05, 3.63) is 16.8 Å². The largest absolute Gasteiger partial charge is 0.496 e. The van der Waals surface area contributed by atoms with E-state index in [1.807, 2.05) is 27.7 Å². The first-order valence-electron chi connectivity index (χ1n) is 6.98. The average molecular weight is 313 g/mol. The molecule has 1 aromatic rings. The number of hydrogen-bond donors (Lipinski definition) is 0. The van der Waals surface area contributed by atoms with Crippen LogP contribution in [-0.4, -0.2) is 29.8 Å². The van der Waals surface area contributed by atoms with Gasteiger partial charge in [-0.1, -0.05) is 11.6 Å². The second-order valence-electron chi connectivity index (χ2n) is 6.19. The number of amides is 1. The van der Waals surface area contributed by atoms with Crippen LogP contribution in [0.2, 0.25) is 5.15 Å². The van der Waals surface area contributed by atoms with E-state index in [1.165, 1.54) is 0 Å². The van der Waals surface area contributed by atoms with E-state index < -0.39 is 11.7 Å². The molecule has 0 radical (unpaired) electrons. The molecule has 0 aromatic carbocycles. The molecule has 0 N–H and O–H groups in total. The normalized spacial score (nSPS) is 18.2. The summed E-state index contributed by atoms with van der Waals surface area (Å²) in [5, 5.41) is 0.299. The van der Waals surface area contributed by atoms with E-state index in [1.54, 1.807) is 18.1 Å². The molecule has 6 heteroatoms. The van der Waals surface area contributed by atoms with Gasteiger partial charge in [0, 0.05) is 17.7 Å². The third kappa shape index (κ3) is 3.40. The second kappa shape index (κ2) is 5.72. The first kappa shape index (κ1) is 15.9. The number of fused-ring (bicyclic) bond motifs is 1. The Morgan fingerprint density at radius 1 is 1.48 bits per heavy atom. The van der Waals surface area contributed by atoms with Gasteiger partial charge >= 0.3 is 6.09 Å². The maximum absolute atomic E-state index is 12.5. The van der Waals surface area contributed by atoms with Crippen LogP contribution < -0.4 is 9.64 Å². The number of pyridine rings is 1. The van der Waals surface area contributed by atoms with Crippen molar-refractivity contribution in [3.8, 4) is 5.75 Å². The minimum atomic E-state index is -0.558. The Hall–Kier alpha value is -1.49. The molecule has 0 aliphatic carbocycles. The summed E-state index contributed by atoms with van der Waals surface area (Å²) in [6.07, 6.45) is 1.21. The Bertz CT molecular complexity index is 555. The van der Waals surface area contributed by atoms with Crippen LogP contribution in [0.15, 0.2) is 6.07 Å². The van der Waals surface area contributed by atoms with Crippen molar-refractivity contribution in [2.45, 2.75) is 52.2 Å². The zero-order valence-electron chi connectivity index (χ0n) is 13.1. The van der Waals surface area contributed by atoms with Crippen molar-refractivity contribution in [1.82, 2.24) is 4.98 Å². The molecule has 1 aromatic heterocycles. The summed E-state index contributed by atoms with van der Waals surface area (Å²) in [5.74, 6) is 1.19. The SMILES string of the molecule is COc1cc(Cl)nc2c1CCC(C)N2C(=O)OC(C)(C)C. The lowest BCUT2D eigenvalue weighted by molar-refractivity contribution is 0.0562. The lowest BCUT2D eigenvalue weighted by atomic mass is 9.99. The average Bonchev–Trinajstić information content (AvgIpc) is 2.34. The van der Waals surface area contributed by atoms with E-state index in [9.17, 15) is 4.79 Å². The van der Waals surface area contributed by atoms with Crippen molar-refractivity contribution in [2.75, 3.05) is 12.0 Å². The van der Waals surface area contributed by atoms with Gasteiger partial charge in [0.2, 0.25) is 0 Å². The molecule has 1 amide bonds. The van der Waals surface area contributed by atoms with Gasteiger partial charge in [-0.25, -0.2) is 9.78 Å². The molecule has 0 bridgehead atoms. The summed E-state index contributed by atoms with van der Waals surface area (Å²) in [4.78, 5) is 18.4. The van der Waals surface area contributed by atoms with Gasteiger partial charge in [-0.3, -0.25) is 4.90 Å². The smallest absolute Gasteiger partial charge is 0.416 e. The highest BCUT2D eigenvalue weighted by atomic mass is 35.5. The predicted molar refractivity (Wildman–Crippen MR) is 82.3 cm³/mol. The van der Waals surface area contributed by atoms with Crippen LogP contribution in [0.4, 0.5) is 10.6 Å². The third-order valence-corrected chi connectivity index (χ3v) is 3.52. The Morgan fingerprint density at radius 2 is 2.14 bits per heavy atom. The van der Waals surface area contributed by atoms with Gasteiger partial charge in [0.15, 0.2) is 0 Å². The van der Waals surface area contributed by atoms with E-state index in [0.717, 1.165) is 18.4 Å². The van der Waals surface area contributed by atoms with E-state index in [0.29, 0.717) is 16.7 Å². The number of ether oxygens (including phenoxy) is 2. The molecule has 2 rings (SSSR count). The lowest BCUT2D eigenvalue weighted by Crippen LogP contribution is -2.45. The minimum absolute atomic E-state index is 0.00280. The summed E-state index contributed by atoms with van der Waals surface area (Å²) in [6.45, 7) is 7.49. The minimum Gasteiger partial charge on any atom is -0.496 e. The van der Waals surface area contributed by atoms with Gasteiger partial charge in [0.1, 0.15) is 22.3 Å². The Balaban J connectivity index is 2.45.